The van der Waals surface area contributed by atoms with E-state index in [2.05, 4.69) is 26.1 Å². The molecule has 2 aromatic heterocycles. The molecule has 2 aromatic rings. The molecule has 0 bridgehead atoms. The van der Waals surface area contributed by atoms with Crippen LogP contribution in [0.25, 0.3) is 11.5 Å². The zero-order valence-corrected chi connectivity index (χ0v) is 11.3. The summed E-state index contributed by atoms with van der Waals surface area (Å²) >= 11 is 9.27. The van der Waals surface area contributed by atoms with Gasteiger partial charge in [-0.2, -0.15) is 0 Å². The van der Waals surface area contributed by atoms with Crippen LogP contribution in [0.4, 0.5) is 0 Å². The van der Waals surface area contributed by atoms with Crippen LogP contribution in [0.1, 0.15) is 17.0 Å². The zero-order chi connectivity index (χ0) is 11.7. The molecule has 0 radical (unpaired) electrons. The molecule has 16 heavy (non-hydrogen) atoms. The van der Waals surface area contributed by atoms with E-state index < -0.39 is 0 Å². The van der Waals surface area contributed by atoms with Crippen molar-refractivity contribution in [2.75, 3.05) is 0 Å². The van der Waals surface area contributed by atoms with Gasteiger partial charge in [0, 0.05) is 10.0 Å². The molecule has 0 N–H and O–H groups in total. The molecule has 0 aliphatic heterocycles. The average Bonchev–Trinajstić information content (AvgIpc) is 2.63. The van der Waals surface area contributed by atoms with Crippen LogP contribution in [0.3, 0.4) is 0 Å². The highest BCUT2D eigenvalue weighted by Crippen LogP contribution is 2.27. The Hall–Kier alpha value is -0.870. The van der Waals surface area contributed by atoms with Crippen LogP contribution in [-0.2, 0) is 5.88 Å². The Morgan fingerprint density at radius 3 is 2.69 bits per heavy atom. The maximum atomic E-state index is 5.86. The summed E-state index contributed by atoms with van der Waals surface area (Å²) in [7, 11) is 0. The molecule has 5 heteroatoms. The van der Waals surface area contributed by atoms with E-state index in [1.165, 1.54) is 0 Å². The van der Waals surface area contributed by atoms with Gasteiger partial charge in [-0.15, -0.1) is 11.6 Å². The standard InChI is InChI=1S/C11H10BrClN2O/c1-6-8(5-13)11(16-15-6)10-4-3-9(12)7(2)14-10/h3-4H,5H2,1-2H3. The smallest absolute Gasteiger partial charge is 0.189 e. The number of rotatable bonds is 2. The topological polar surface area (TPSA) is 38.9 Å². The Bertz CT molecular complexity index is 525. The van der Waals surface area contributed by atoms with E-state index >= 15 is 0 Å². The summed E-state index contributed by atoms with van der Waals surface area (Å²) in [5.74, 6) is 1.03. The number of alkyl halides is 1. The molecule has 0 spiro atoms. The van der Waals surface area contributed by atoms with Crippen molar-refractivity contribution in [3.05, 3.63) is 33.6 Å². The van der Waals surface area contributed by atoms with Crippen LogP contribution in [-0.4, -0.2) is 10.1 Å². The fourth-order valence-electron chi connectivity index (χ4n) is 1.42. The Balaban J connectivity index is 2.54. The van der Waals surface area contributed by atoms with Crippen LogP contribution < -0.4 is 0 Å². The van der Waals surface area contributed by atoms with Crippen molar-refractivity contribution in [1.82, 2.24) is 10.1 Å². The van der Waals surface area contributed by atoms with Crippen molar-refractivity contribution in [2.24, 2.45) is 0 Å². The number of aromatic nitrogens is 2. The molecule has 0 aromatic carbocycles. The van der Waals surface area contributed by atoms with E-state index in [0.717, 1.165) is 27.1 Å². The Morgan fingerprint density at radius 1 is 1.31 bits per heavy atom. The number of halogens is 2. The van der Waals surface area contributed by atoms with Gasteiger partial charge in [0.2, 0.25) is 0 Å². The Kier molecular flexibility index (Phi) is 3.30. The fraction of sp³-hybridized carbons (Fsp3) is 0.273. The van der Waals surface area contributed by atoms with Gasteiger partial charge >= 0.3 is 0 Å². The van der Waals surface area contributed by atoms with Gasteiger partial charge in [-0.25, -0.2) is 4.98 Å². The molecule has 0 fully saturated rings. The third-order valence-electron chi connectivity index (χ3n) is 2.37. The van der Waals surface area contributed by atoms with Crippen molar-refractivity contribution >= 4 is 27.5 Å². The lowest BCUT2D eigenvalue weighted by Gasteiger charge is -2.01. The van der Waals surface area contributed by atoms with Crippen LogP contribution in [0.5, 0.6) is 0 Å². The van der Waals surface area contributed by atoms with Gasteiger partial charge in [-0.1, -0.05) is 5.16 Å². The van der Waals surface area contributed by atoms with E-state index in [9.17, 15) is 0 Å². The summed E-state index contributed by atoms with van der Waals surface area (Å²) in [6.07, 6.45) is 0. The molecule has 0 saturated carbocycles. The number of pyridine rings is 1. The zero-order valence-electron chi connectivity index (χ0n) is 8.92. The molecule has 0 aliphatic carbocycles. The SMILES string of the molecule is Cc1nc(-c2onc(C)c2CCl)ccc1Br. The van der Waals surface area contributed by atoms with Crippen LogP contribution in [0.2, 0.25) is 0 Å². The molecule has 0 atom stereocenters. The first kappa shape index (κ1) is 11.6. The molecule has 2 heterocycles. The third kappa shape index (κ3) is 1.99. The largest absolute Gasteiger partial charge is 0.354 e. The van der Waals surface area contributed by atoms with Crippen molar-refractivity contribution in [2.45, 2.75) is 19.7 Å². The summed E-state index contributed by atoms with van der Waals surface area (Å²) in [5, 5.41) is 3.90. The first-order valence-electron chi connectivity index (χ1n) is 4.78. The maximum Gasteiger partial charge on any atom is 0.189 e. The number of hydrogen-bond acceptors (Lipinski definition) is 3. The van der Waals surface area contributed by atoms with Gasteiger partial charge in [0.1, 0.15) is 5.69 Å². The van der Waals surface area contributed by atoms with E-state index in [4.69, 9.17) is 16.1 Å². The first-order chi connectivity index (χ1) is 7.63. The second-order valence-electron chi connectivity index (χ2n) is 3.47. The van der Waals surface area contributed by atoms with E-state index in [1.54, 1.807) is 0 Å². The van der Waals surface area contributed by atoms with Gasteiger partial charge in [-0.05, 0) is 41.9 Å². The fourth-order valence-corrected chi connectivity index (χ4v) is 1.95. The third-order valence-corrected chi connectivity index (χ3v) is 3.48. The minimum absolute atomic E-state index is 0.376. The van der Waals surface area contributed by atoms with Crippen LogP contribution in [0.15, 0.2) is 21.1 Å². The first-order valence-corrected chi connectivity index (χ1v) is 6.11. The highest BCUT2D eigenvalue weighted by atomic mass is 79.9. The molecule has 84 valence electrons. The lowest BCUT2D eigenvalue weighted by Crippen LogP contribution is -1.90. The Labute approximate surface area is 107 Å². The molecule has 0 aliphatic rings. The number of hydrogen-bond donors (Lipinski definition) is 0. The van der Waals surface area contributed by atoms with Gasteiger partial charge in [0.25, 0.3) is 0 Å². The minimum atomic E-state index is 0.376. The predicted octanol–water partition coefficient (Wildman–Crippen LogP) is 3.85. The van der Waals surface area contributed by atoms with Crippen LogP contribution >= 0.6 is 27.5 Å². The quantitative estimate of drug-likeness (QED) is 0.791. The van der Waals surface area contributed by atoms with Gasteiger partial charge < -0.3 is 4.52 Å². The van der Waals surface area contributed by atoms with E-state index in [1.807, 2.05) is 26.0 Å². The van der Waals surface area contributed by atoms with Crippen molar-refractivity contribution < 1.29 is 4.52 Å². The molecular weight excluding hydrogens is 291 g/mol. The van der Waals surface area contributed by atoms with Crippen LogP contribution in [0, 0.1) is 13.8 Å². The normalized spacial score (nSPS) is 10.8. The molecule has 3 nitrogen and oxygen atoms in total. The Morgan fingerprint density at radius 2 is 2.06 bits per heavy atom. The predicted molar refractivity (Wildman–Crippen MR) is 66.5 cm³/mol. The molecule has 0 unspecified atom stereocenters. The lowest BCUT2D eigenvalue weighted by atomic mass is 10.1. The van der Waals surface area contributed by atoms with Gasteiger partial charge in [0.05, 0.1) is 17.3 Å². The van der Waals surface area contributed by atoms with Crippen molar-refractivity contribution in [3.8, 4) is 11.5 Å². The average molecular weight is 302 g/mol. The number of nitrogens with zero attached hydrogens (tertiary/aromatic N) is 2. The highest BCUT2D eigenvalue weighted by molar-refractivity contribution is 9.10. The summed E-state index contributed by atoms with van der Waals surface area (Å²) in [4.78, 5) is 4.43. The lowest BCUT2D eigenvalue weighted by molar-refractivity contribution is 0.425. The molecular formula is C11H10BrClN2O. The summed E-state index contributed by atoms with van der Waals surface area (Å²) < 4.78 is 6.23. The van der Waals surface area contributed by atoms with Gasteiger partial charge in [0.15, 0.2) is 5.76 Å². The van der Waals surface area contributed by atoms with E-state index in [0.29, 0.717) is 11.6 Å². The minimum Gasteiger partial charge on any atom is -0.354 e. The summed E-state index contributed by atoms with van der Waals surface area (Å²) in [6, 6.07) is 3.82. The second-order valence-corrected chi connectivity index (χ2v) is 4.59. The highest BCUT2D eigenvalue weighted by Gasteiger charge is 2.15. The monoisotopic (exact) mass is 300 g/mol. The van der Waals surface area contributed by atoms with Crippen molar-refractivity contribution in [1.29, 1.82) is 0 Å². The summed E-state index contributed by atoms with van der Waals surface area (Å²) in [5.41, 5.74) is 3.38. The maximum absolute atomic E-state index is 5.86. The molecule has 0 saturated heterocycles. The van der Waals surface area contributed by atoms with Crippen molar-refractivity contribution in [3.63, 3.8) is 0 Å². The summed E-state index contributed by atoms with van der Waals surface area (Å²) in [6.45, 7) is 3.80. The second kappa shape index (κ2) is 4.55. The molecule has 0 amide bonds. The van der Waals surface area contributed by atoms with Gasteiger partial charge in [-0.3, -0.25) is 0 Å². The number of aryl methyl sites for hydroxylation is 2. The molecule has 2 rings (SSSR count). The van der Waals surface area contributed by atoms with E-state index in [-0.39, 0.29) is 0 Å².